The van der Waals surface area contributed by atoms with Crippen molar-refractivity contribution in [1.29, 1.82) is 0 Å². The topological polar surface area (TPSA) is 93.0 Å². The molecule has 1 atom stereocenters. The molecule has 0 saturated carbocycles. The van der Waals surface area contributed by atoms with Gasteiger partial charge in [-0.2, -0.15) is 5.10 Å². The van der Waals surface area contributed by atoms with Crippen molar-refractivity contribution >= 4 is 23.7 Å². The lowest BCUT2D eigenvalue weighted by Gasteiger charge is -2.34. The van der Waals surface area contributed by atoms with E-state index in [1.165, 1.54) is 0 Å². The van der Waals surface area contributed by atoms with E-state index >= 15 is 0 Å². The maximum atomic E-state index is 12.4. The number of likely N-dealkylation sites (tertiary alicyclic amines) is 1. The van der Waals surface area contributed by atoms with E-state index < -0.39 is 11.4 Å². The Morgan fingerprint density at radius 1 is 1.11 bits per heavy atom. The van der Waals surface area contributed by atoms with Crippen molar-refractivity contribution < 1.29 is 14.3 Å². The van der Waals surface area contributed by atoms with Crippen LogP contribution >= 0.6 is 0 Å². The summed E-state index contributed by atoms with van der Waals surface area (Å²) in [7, 11) is 1.69. The molecule has 0 aliphatic carbocycles. The van der Waals surface area contributed by atoms with Crippen LogP contribution in [0, 0.1) is 0 Å². The Hall–Kier alpha value is -4.01. The molecule has 9 nitrogen and oxygen atoms in total. The van der Waals surface area contributed by atoms with Crippen LogP contribution in [0.4, 0.5) is 16.2 Å². The van der Waals surface area contributed by atoms with Crippen LogP contribution < -0.4 is 15.4 Å². The van der Waals surface area contributed by atoms with Crippen molar-refractivity contribution in [2.45, 2.75) is 58.0 Å². The number of benzene rings is 2. The smallest absolute Gasteiger partial charge is 0.410 e. The van der Waals surface area contributed by atoms with E-state index in [2.05, 4.69) is 27.9 Å². The average molecular weight is 517 g/mol. The first-order chi connectivity index (χ1) is 18.1. The highest BCUT2D eigenvalue weighted by Gasteiger charge is 2.31. The number of hydrogen-bond acceptors (Lipinski definition) is 7. The fraction of sp³-hybridized carbons (Fsp3) is 0.414. The highest BCUT2D eigenvalue weighted by atomic mass is 16.6. The first-order valence-corrected chi connectivity index (χ1v) is 13.0. The number of piperidine rings is 1. The lowest BCUT2D eigenvalue weighted by atomic mass is 9.98. The zero-order chi connectivity index (χ0) is 26.9. The third-order valence-electron chi connectivity index (χ3n) is 6.80. The van der Waals surface area contributed by atoms with Gasteiger partial charge in [0.15, 0.2) is 0 Å². The summed E-state index contributed by atoms with van der Waals surface area (Å²) in [6, 6.07) is 14.4. The second-order valence-electron chi connectivity index (χ2n) is 11.0. The zero-order valence-corrected chi connectivity index (χ0v) is 22.7. The predicted octanol–water partition coefficient (Wildman–Crippen LogP) is 5.76. The summed E-state index contributed by atoms with van der Waals surface area (Å²) < 4.78 is 13.1. The van der Waals surface area contributed by atoms with Gasteiger partial charge in [0.05, 0.1) is 30.7 Å². The molecule has 0 spiro atoms. The van der Waals surface area contributed by atoms with Crippen molar-refractivity contribution in [2.75, 3.05) is 30.8 Å². The van der Waals surface area contributed by atoms with Crippen LogP contribution in [0.1, 0.15) is 52.1 Å². The Balaban J connectivity index is 1.27. The number of ether oxygens (including phenoxy) is 2. The number of methoxy groups -OCH3 is 1. The Morgan fingerprint density at radius 3 is 2.58 bits per heavy atom. The molecule has 1 amide bonds. The average Bonchev–Trinajstić information content (AvgIpc) is 3.35. The van der Waals surface area contributed by atoms with Crippen molar-refractivity contribution in [3.05, 3.63) is 60.4 Å². The second kappa shape index (κ2) is 10.0. The normalized spacial score (nSPS) is 19.4. The van der Waals surface area contributed by atoms with Crippen LogP contribution in [0.25, 0.3) is 11.1 Å². The first-order valence-electron chi connectivity index (χ1n) is 13.0. The Labute approximate surface area is 223 Å². The number of aromatic nitrogens is 2. The summed E-state index contributed by atoms with van der Waals surface area (Å²) in [4.78, 5) is 19.0. The van der Waals surface area contributed by atoms with Crippen LogP contribution in [0.3, 0.4) is 0 Å². The number of nitrogens with zero attached hydrogens (tertiary/aromatic N) is 4. The maximum Gasteiger partial charge on any atom is 0.410 e. The monoisotopic (exact) mass is 516 g/mol. The van der Waals surface area contributed by atoms with Crippen molar-refractivity contribution in [2.24, 2.45) is 4.99 Å². The molecule has 1 unspecified atom stereocenters. The summed E-state index contributed by atoms with van der Waals surface area (Å²) in [6.07, 6.45) is 7.13. The Morgan fingerprint density at radius 2 is 1.84 bits per heavy atom. The number of carbonyl (C=O) groups excluding carboxylic acids is 1. The molecule has 38 heavy (non-hydrogen) atoms. The van der Waals surface area contributed by atoms with Gasteiger partial charge in [-0.25, -0.2) is 9.79 Å². The molecule has 1 fully saturated rings. The molecule has 200 valence electrons. The van der Waals surface area contributed by atoms with Gasteiger partial charge in [0.2, 0.25) is 5.79 Å². The molecule has 2 N–H and O–H groups in total. The number of rotatable bonds is 5. The van der Waals surface area contributed by atoms with E-state index in [9.17, 15) is 4.79 Å². The lowest BCUT2D eigenvalue weighted by molar-refractivity contribution is 0.0185. The molecule has 2 aromatic carbocycles. The molecule has 0 bridgehead atoms. The molecule has 9 heteroatoms. The molecular weight excluding hydrogens is 480 g/mol. The van der Waals surface area contributed by atoms with Gasteiger partial charge in [-0.3, -0.25) is 4.68 Å². The van der Waals surface area contributed by atoms with Crippen LogP contribution in [0.15, 0.2) is 59.9 Å². The predicted molar refractivity (Wildman–Crippen MR) is 150 cm³/mol. The number of nitrogens with one attached hydrogen (secondary N) is 2. The van der Waals surface area contributed by atoms with Crippen LogP contribution in [0.5, 0.6) is 5.75 Å². The number of hydrogen-bond donors (Lipinski definition) is 2. The van der Waals surface area contributed by atoms with E-state index in [1.807, 2.05) is 81.3 Å². The van der Waals surface area contributed by atoms with Gasteiger partial charge in [-0.05, 0) is 46.6 Å². The summed E-state index contributed by atoms with van der Waals surface area (Å²) in [5.41, 5.74) is 4.44. The van der Waals surface area contributed by atoms with Gasteiger partial charge >= 0.3 is 6.09 Å². The van der Waals surface area contributed by atoms with Gasteiger partial charge in [-0.15, -0.1) is 0 Å². The van der Waals surface area contributed by atoms with Gasteiger partial charge < -0.3 is 25.0 Å². The van der Waals surface area contributed by atoms with E-state index in [0.29, 0.717) is 13.1 Å². The van der Waals surface area contributed by atoms with E-state index in [-0.39, 0.29) is 12.1 Å². The van der Waals surface area contributed by atoms with Crippen LogP contribution in [0.2, 0.25) is 0 Å². The standard InChI is InChI=1S/C29H36N6O3/c1-28(2,3)38-27(36)34-15-13-22(14-16-34)35-19-21(18-31-35)32-29(4)30-17-20-9-8-11-24(26(20)33-29)23-10-6-7-12-25(23)37-5/h6-12,17-19,22,32-33H,13-16H2,1-5H3. The van der Waals surface area contributed by atoms with Gasteiger partial charge in [0, 0.05) is 42.2 Å². The SMILES string of the molecule is COc1ccccc1-c1cccc2c1NC(C)(Nc1cnn(C3CCN(C(=O)OC(C)(C)C)CC3)c1)N=C2. The van der Waals surface area contributed by atoms with Crippen molar-refractivity contribution in [1.82, 2.24) is 14.7 Å². The summed E-state index contributed by atoms with van der Waals surface area (Å²) in [5.74, 6) is 0.0536. The summed E-state index contributed by atoms with van der Waals surface area (Å²) in [6.45, 7) is 8.96. The number of anilines is 2. The molecule has 0 radical (unpaired) electrons. The van der Waals surface area contributed by atoms with Crippen LogP contribution in [-0.4, -0.2) is 58.6 Å². The van der Waals surface area contributed by atoms with Crippen LogP contribution in [-0.2, 0) is 4.74 Å². The third kappa shape index (κ3) is 5.46. The molecule has 1 saturated heterocycles. The Kier molecular flexibility index (Phi) is 6.77. The number of fused-ring (bicyclic) bond motifs is 1. The lowest BCUT2D eigenvalue weighted by Crippen LogP contribution is -2.43. The minimum absolute atomic E-state index is 0.220. The minimum atomic E-state index is -0.765. The number of amides is 1. The third-order valence-corrected chi connectivity index (χ3v) is 6.80. The molecule has 2 aliphatic heterocycles. The zero-order valence-electron chi connectivity index (χ0n) is 22.7. The largest absolute Gasteiger partial charge is 0.496 e. The van der Waals surface area contributed by atoms with Crippen molar-refractivity contribution in [3.63, 3.8) is 0 Å². The molecular formula is C29H36N6O3. The van der Waals surface area contributed by atoms with E-state index in [4.69, 9.17) is 14.5 Å². The maximum absolute atomic E-state index is 12.4. The minimum Gasteiger partial charge on any atom is -0.496 e. The number of carbonyl (C=O) groups is 1. The van der Waals surface area contributed by atoms with Crippen molar-refractivity contribution in [3.8, 4) is 16.9 Å². The highest BCUT2D eigenvalue weighted by Crippen LogP contribution is 2.39. The fourth-order valence-electron chi connectivity index (χ4n) is 4.97. The fourth-order valence-corrected chi connectivity index (χ4v) is 4.97. The first kappa shape index (κ1) is 25.6. The highest BCUT2D eigenvalue weighted by molar-refractivity contribution is 5.98. The Bertz CT molecular complexity index is 1340. The molecule has 5 rings (SSSR count). The second-order valence-corrected chi connectivity index (χ2v) is 11.0. The van der Waals surface area contributed by atoms with E-state index in [1.54, 1.807) is 12.0 Å². The van der Waals surface area contributed by atoms with Gasteiger partial charge in [0.1, 0.15) is 11.4 Å². The summed E-state index contributed by atoms with van der Waals surface area (Å²) >= 11 is 0. The quantitative estimate of drug-likeness (QED) is 0.448. The molecule has 1 aromatic heterocycles. The number of para-hydroxylation sites is 2. The number of aliphatic imine (C=N–C) groups is 1. The molecule has 3 heterocycles. The van der Waals surface area contributed by atoms with Gasteiger partial charge in [0.25, 0.3) is 0 Å². The molecule has 2 aliphatic rings. The van der Waals surface area contributed by atoms with E-state index in [0.717, 1.165) is 46.7 Å². The summed E-state index contributed by atoms with van der Waals surface area (Å²) in [5, 5.41) is 11.7. The van der Waals surface area contributed by atoms with Gasteiger partial charge in [-0.1, -0.05) is 36.4 Å². The molecule has 3 aromatic rings.